The van der Waals surface area contributed by atoms with E-state index in [0.29, 0.717) is 6.29 Å². The first-order valence-corrected chi connectivity index (χ1v) is 4.18. The summed E-state index contributed by atoms with van der Waals surface area (Å²) in [7, 11) is 0. The number of carbonyl (C=O) groups excluding carboxylic acids is 2. The van der Waals surface area contributed by atoms with Gasteiger partial charge in [0, 0.05) is 6.42 Å². The zero-order valence-electron chi connectivity index (χ0n) is 7.55. The number of nitrogens with two attached hydrogens (primary N) is 1. The van der Waals surface area contributed by atoms with Crippen molar-refractivity contribution in [1.29, 1.82) is 0 Å². The summed E-state index contributed by atoms with van der Waals surface area (Å²) in [6.07, 6.45) is -0.639. The first-order valence-electron chi connectivity index (χ1n) is 4.18. The molecule has 0 heterocycles. The Hall–Kier alpha value is -1.84. The fourth-order valence-corrected chi connectivity index (χ4v) is 1.15. The number of hydrogen-bond acceptors (Lipinski definition) is 3. The second-order valence-electron chi connectivity index (χ2n) is 2.74. The number of aldehydes is 1. The summed E-state index contributed by atoms with van der Waals surface area (Å²) >= 11 is 0. The molecule has 4 heteroatoms. The van der Waals surface area contributed by atoms with E-state index in [2.05, 4.69) is 0 Å². The molecule has 1 aromatic carbocycles. The maximum absolute atomic E-state index is 10.5. The minimum Gasteiger partial charge on any atom is -0.441 e. The van der Waals surface area contributed by atoms with Gasteiger partial charge in [-0.3, -0.25) is 0 Å². The third kappa shape index (κ3) is 2.90. The predicted octanol–water partition coefficient (Wildman–Crippen LogP) is 1.41. The van der Waals surface area contributed by atoms with Crippen LogP contribution in [0.5, 0.6) is 0 Å². The van der Waals surface area contributed by atoms with Crippen LogP contribution in [0.4, 0.5) is 4.79 Å². The molecule has 0 saturated heterocycles. The number of rotatable bonds is 4. The molecule has 1 aromatic rings. The molecule has 0 aliphatic carbocycles. The number of hydrogen-bond donors (Lipinski definition) is 1. The minimum atomic E-state index is -0.874. The summed E-state index contributed by atoms with van der Waals surface area (Å²) in [5.41, 5.74) is 5.65. The highest BCUT2D eigenvalue weighted by molar-refractivity contribution is 5.65. The van der Waals surface area contributed by atoms with Gasteiger partial charge in [0.25, 0.3) is 0 Å². The normalized spacial score (nSPS) is 11.7. The molecule has 0 aliphatic heterocycles. The Bertz CT molecular complexity index is 310. The van der Waals surface area contributed by atoms with E-state index < -0.39 is 12.2 Å². The number of benzene rings is 1. The van der Waals surface area contributed by atoms with Crippen LogP contribution in [0.1, 0.15) is 18.1 Å². The summed E-state index contributed by atoms with van der Waals surface area (Å²) < 4.78 is 4.78. The van der Waals surface area contributed by atoms with E-state index in [-0.39, 0.29) is 6.42 Å². The zero-order chi connectivity index (χ0) is 10.4. The van der Waals surface area contributed by atoms with E-state index in [1.807, 2.05) is 6.07 Å². The lowest BCUT2D eigenvalue weighted by Gasteiger charge is -2.13. The lowest BCUT2D eigenvalue weighted by Crippen LogP contribution is -2.17. The van der Waals surface area contributed by atoms with Gasteiger partial charge in [0.15, 0.2) is 0 Å². The largest absolute Gasteiger partial charge is 0.441 e. The Morgan fingerprint density at radius 3 is 2.57 bits per heavy atom. The molecule has 2 N–H and O–H groups in total. The van der Waals surface area contributed by atoms with Gasteiger partial charge >= 0.3 is 6.09 Å². The second kappa shape index (κ2) is 5.01. The van der Waals surface area contributed by atoms with Crippen LogP contribution in [0.3, 0.4) is 0 Å². The van der Waals surface area contributed by atoms with E-state index in [4.69, 9.17) is 10.5 Å². The first-order chi connectivity index (χ1) is 6.74. The number of carbonyl (C=O) groups is 2. The van der Waals surface area contributed by atoms with Crippen LogP contribution in [-0.2, 0) is 9.53 Å². The fraction of sp³-hybridized carbons (Fsp3) is 0.200. The highest BCUT2D eigenvalue weighted by Crippen LogP contribution is 2.19. The van der Waals surface area contributed by atoms with Crippen LogP contribution in [0.15, 0.2) is 30.3 Å². The Kier molecular flexibility index (Phi) is 3.67. The molecule has 74 valence electrons. The molecule has 1 unspecified atom stereocenters. The van der Waals surface area contributed by atoms with E-state index in [0.717, 1.165) is 5.56 Å². The molecule has 0 radical (unpaired) electrons. The average Bonchev–Trinajstić information content (AvgIpc) is 2.18. The van der Waals surface area contributed by atoms with Gasteiger partial charge in [0.05, 0.1) is 0 Å². The highest BCUT2D eigenvalue weighted by atomic mass is 16.6. The smallest absolute Gasteiger partial charge is 0.405 e. The van der Waals surface area contributed by atoms with Gasteiger partial charge in [-0.2, -0.15) is 0 Å². The molecule has 0 aromatic heterocycles. The van der Waals surface area contributed by atoms with Gasteiger partial charge in [-0.1, -0.05) is 30.3 Å². The molecule has 1 atom stereocenters. The first kappa shape index (κ1) is 10.2. The van der Waals surface area contributed by atoms with Crippen LogP contribution in [0.25, 0.3) is 0 Å². The van der Waals surface area contributed by atoms with Gasteiger partial charge < -0.3 is 15.3 Å². The maximum Gasteiger partial charge on any atom is 0.405 e. The van der Waals surface area contributed by atoms with Crippen molar-refractivity contribution in [3.05, 3.63) is 35.9 Å². The Balaban J connectivity index is 2.77. The molecule has 0 fully saturated rings. The Morgan fingerprint density at radius 1 is 1.43 bits per heavy atom. The lowest BCUT2D eigenvalue weighted by atomic mass is 10.1. The molecule has 4 nitrogen and oxygen atoms in total. The topological polar surface area (TPSA) is 69.4 Å². The summed E-state index contributed by atoms with van der Waals surface area (Å²) in [4.78, 5) is 20.9. The lowest BCUT2D eigenvalue weighted by molar-refractivity contribution is -0.109. The van der Waals surface area contributed by atoms with Gasteiger partial charge in [0.1, 0.15) is 12.4 Å². The molecule has 0 bridgehead atoms. The molecule has 14 heavy (non-hydrogen) atoms. The summed E-state index contributed by atoms with van der Waals surface area (Å²) in [6.45, 7) is 0. The fourth-order valence-electron chi connectivity index (χ4n) is 1.15. The number of primary amides is 1. The van der Waals surface area contributed by atoms with Crippen molar-refractivity contribution in [3.8, 4) is 0 Å². The average molecular weight is 193 g/mol. The van der Waals surface area contributed by atoms with E-state index in [1.54, 1.807) is 24.3 Å². The van der Waals surface area contributed by atoms with Gasteiger partial charge in [-0.15, -0.1) is 0 Å². The summed E-state index contributed by atoms with van der Waals surface area (Å²) in [5, 5.41) is 0. The molecule has 0 saturated carbocycles. The monoisotopic (exact) mass is 193 g/mol. The number of amides is 1. The molecule has 1 amide bonds. The molecule has 0 aliphatic rings. The van der Waals surface area contributed by atoms with Crippen molar-refractivity contribution < 1.29 is 14.3 Å². The standard InChI is InChI=1S/C10H11NO3/c11-10(13)14-9(6-7-12)8-4-2-1-3-5-8/h1-5,7,9H,6H2,(H2,11,13). The van der Waals surface area contributed by atoms with Crippen LogP contribution >= 0.6 is 0 Å². The van der Waals surface area contributed by atoms with Crippen LogP contribution in [0, 0.1) is 0 Å². The van der Waals surface area contributed by atoms with Crippen LogP contribution in [0.2, 0.25) is 0 Å². The zero-order valence-corrected chi connectivity index (χ0v) is 7.55. The van der Waals surface area contributed by atoms with Crippen LogP contribution < -0.4 is 5.73 Å². The van der Waals surface area contributed by atoms with Gasteiger partial charge in [0.2, 0.25) is 0 Å². The van der Waals surface area contributed by atoms with Crippen molar-refractivity contribution in [2.75, 3.05) is 0 Å². The summed E-state index contributed by atoms with van der Waals surface area (Å²) in [6, 6.07) is 8.99. The number of ether oxygens (including phenoxy) is 1. The van der Waals surface area contributed by atoms with Crippen molar-refractivity contribution in [2.45, 2.75) is 12.5 Å². The van der Waals surface area contributed by atoms with Crippen LogP contribution in [-0.4, -0.2) is 12.4 Å². The second-order valence-corrected chi connectivity index (χ2v) is 2.74. The molecular formula is C10H11NO3. The third-order valence-corrected chi connectivity index (χ3v) is 1.74. The van der Waals surface area contributed by atoms with E-state index in [1.165, 1.54) is 0 Å². The summed E-state index contributed by atoms with van der Waals surface area (Å²) in [5.74, 6) is 0. The minimum absolute atomic E-state index is 0.118. The molecule has 1 rings (SSSR count). The van der Waals surface area contributed by atoms with Gasteiger partial charge in [-0.25, -0.2) is 4.79 Å². The molecule has 0 spiro atoms. The quantitative estimate of drug-likeness (QED) is 0.735. The third-order valence-electron chi connectivity index (χ3n) is 1.74. The van der Waals surface area contributed by atoms with Crippen molar-refractivity contribution in [2.24, 2.45) is 5.73 Å². The maximum atomic E-state index is 10.5. The van der Waals surface area contributed by atoms with Gasteiger partial charge in [-0.05, 0) is 5.56 Å². The van der Waals surface area contributed by atoms with Crippen molar-refractivity contribution in [3.63, 3.8) is 0 Å². The Morgan fingerprint density at radius 2 is 2.07 bits per heavy atom. The Labute approximate surface area is 81.7 Å². The SMILES string of the molecule is NC(=O)OC(CC=O)c1ccccc1. The molecular weight excluding hydrogens is 182 g/mol. The van der Waals surface area contributed by atoms with Crippen molar-refractivity contribution >= 4 is 12.4 Å². The highest BCUT2D eigenvalue weighted by Gasteiger charge is 2.13. The van der Waals surface area contributed by atoms with E-state index >= 15 is 0 Å². The van der Waals surface area contributed by atoms with E-state index in [9.17, 15) is 9.59 Å². The predicted molar refractivity (Wildman–Crippen MR) is 50.5 cm³/mol. The van der Waals surface area contributed by atoms with Crippen molar-refractivity contribution in [1.82, 2.24) is 0 Å².